The molecular formula is C13H22N4O2. The summed E-state index contributed by atoms with van der Waals surface area (Å²) in [6, 6.07) is 0. The van der Waals surface area contributed by atoms with E-state index in [4.69, 9.17) is 5.73 Å². The van der Waals surface area contributed by atoms with E-state index in [2.05, 4.69) is 22.2 Å². The lowest BCUT2D eigenvalue weighted by molar-refractivity contribution is 0.00224. The summed E-state index contributed by atoms with van der Waals surface area (Å²) >= 11 is 0. The van der Waals surface area contributed by atoms with E-state index >= 15 is 0 Å². The van der Waals surface area contributed by atoms with Crippen LogP contribution in [0, 0.1) is 5.92 Å². The van der Waals surface area contributed by atoms with Crippen molar-refractivity contribution in [3.8, 4) is 0 Å². The normalized spacial score (nSPS) is 27.2. The molecule has 19 heavy (non-hydrogen) atoms. The van der Waals surface area contributed by atoms with Crippen molar-refractivity contribution >= 4 is 11.5 Å². The summed E-state index contributed by atoms with van der Waals surface area (Å²) in [5, 5.41) is 13.5. The lowest BCUT2D eigenvalue weighted by Crippen LogP contribution is -2.41. The average molecular weight is 266 g/mol. The number of aromatic nitrogens is 2. The van der Waals surface area contributed by atoms with Crippen LogP contribution in [0.1, 0.15) is 39.0 Å². The van der Waals surface area contributed by atoms with Gasteiger partial charge in [-0.2, -0.15) is 0 Å². The maximum Gasteiger partial charge on any atom is 0.276 e. The molecule has 1 saturated carbocycles. The summed E-state index contributed by atoms with van der Waals surface area (Å²) in [5.41, 5.74) is 4.62. The Morgan fingerprint density at radius 3 is 2.89 bits per heavy atom. The predicted octanol–water partition coefficient (Wildman–Crippen LogP) is 1.10. The lowest BCUT2D eigenvalue weighted by Gasteiger charge is -2.36. The third-order valence-corrected chi connectivity index (χ3v) is 4.09. The Hall–Kier alpha value is -1.56. The highest BCUT2D eigenvalue weighted by atomic mass is 16.3. The zero-order valence-corrected chi connectivity index (χ0v) is 11.3. The Balaban J connectivity index is 1.95. The summed E-state index contributed by atoms with van der Waals surface area (Å²) < 4.78 is 0. The van der Waals surface area contributed by atoms with E-state index in [9.17, 15) is 9.90 Å². The van der Waals surface area contributed by atoms with Crippen molar-refractivity contribution in [2.45, 2.75) is 44.6 Å². The largest absolute Gasteiger partial charge is 0.391 e. The molecule has 1 aromatic heterocycles. The van der Waals surface area contributed by atoms with Crippen molar-refractivity contribution in [1.29, 1.82) is 0 Å². The maximum atomic E-state index is 11.3. The van der Waals surface area contributed by atoms with Crippen molar-refractivity contribution in [2.75, 3.05) is 17.6 Å². The van der Waals surface area contributed by atoms with Crippen molar-refractivity contribution in [3.05, 3.63) is 16.7 Å². The van der Waals surface area contributed by atoms with E-state index in [1.54, 1.807) is 0 Å². The van der Waals surface area contributed by atoms with Gasteiger partial charge < -0.3 is 21.1 Å². The molecule has 0 unspecified atom stereocenters. The quantitative estimate of drug-likeness (QED) is 0.653. The Bertz CT molecular complexity index is 478. The fourth-order valence-corrected chi connectivity index (χ4v) is 2.60. The number of nitrogens with one attached hydrogen (secondary N) is 2. The van der Waals surface area contributed by atoms with E-state index in [0.717, 1.165) is 31.6 Å². The first-order valence-electron chi connectivity index (χ1n) is 6.83. The van der Waals surface area contributed by atoms with Crippen LogP contribution in [0.15, 0.2) is 11.1 Å². The minimum absolute atomic E-state index is 0.0633. The molecule has 0 atom stereocenters. The first-order valence-corrected chi connectivity index (χ1v) is 6.83. The monoisotopic (exact) mass is 266 g/mol. The van der Waals surface area contributed by atoms with E-state index in [-0.39, 0.29) is 11.2 Å². The molecule has 0 amide bonds. The molecule has 0 aliphatic heterocycles. The SMILES string of the molecule is CCC1CCC(O)(CNc2nc[nH]c(=O)c2N)CC1. The van der Waals surface area contributed by atoms with Crippen LogP contribution in [0.2, 0.25) is 0 Å². The van der Waals surface area contributed by atoms with E-state index < -0.39 is 5.60 Å². The number of nitrogens with zero attached hydrogens (tertiary/aromatic N) is 1. The second-order valence-corrected chi connectivity index (χ2v) is 5.42. The number of aliphatic hydroxyl groups is 1. The molecule has 6 nitrogen and oxygen atoms in total. The molecule has 0 spiro atoms. The van der Waals surface area contributed by atoms with Gasteiger partial charge in [0.15, 0.2) is 5.82 Å². The highest BCUT2D eigenvalue weighted by Gasteiger charge is 2.32. The number of nitrogens with two attached hydrogens (primary N) is 1. The molecule has 1 aromatic rings. The molecule has 106 valence electrons. The summed E-state index contributed by atoms with van der Waals surface area (Å²) in [6.07, 6.45) is 6.13. The fourth-order valence-electron chi connectivity index (χ4n) is 2.60. The van der Waals surface area contributed by atoms with Crippen LogP contribution in [0.3, 0.4) is 0 Å². The van der Waals surface area contributed by atoms with Gasteiger partial charge >= 0.3 is 0 Å². The second kappa shape index (κ2) is 5.61. The number of anilines is 2. The van der Waals surface area contributed by atoms with Crippen LogP contribution >= 0.6 is 0 Å². The number of H-pyrrole nitrogens is 1. The van der Waals surface area contributed by atoms with Crippen LogP contribution in [-0.2, 0) is 0 Å². The van der Waals surface area contributed by atoms with Gasteiger partial charge in [0, 0.05) is 6.54 Å². The van der Waals surface area contributed by atoms with Gasteiger partial charge in [-0.3, -0.25) is 4.79 Å². The number of aromatic amines is 1. The summed E-state index contributed by atoms with van der Waals surface area (Å²) in [4.78, 5) is 17.7. The van der Waals surface area contributed by atoms with Crippen LogP contribution in [0.25, 0.3) is 0 Å². The molecule has 1 aliphatic carbocycles. The minimum Gasteiger partial charge on any atom is -0.391 e. The average Bonchev–Trinajstić information content (AvgIpc) is 2.41. The van der Waals surface area contributed by atoms with E-state index in [0.29, 0.717) is 12.4 Å². The number of hydrogen-bond acceptors (Lipinski definition) is 5. The van der Waals surface area contributed by atoms with Gasteiger partial charge in [0.25, 0.3) is 5.56 Å². The van der Waals surface area contributed by atoms with Crippen molar-refractivity contribution in [3.63, 3.8) is 0 Å². The lowest BCUT2D eigenvalue weighted by atomic mass is 9.78. The van der Waals surface area contributed by atoms with Gasteiger partial charge in [-0.15, -0.1) is 0 Å². The van der Waals surface area contributed by atoms with Crippen molar-refractivity contribution < 1.29 is 5.11 Å². The highest BCUT2D eigenvalue weighted by Crippen LogP contribution is 2.33. The van der Waals surface area contributed by atoms with Crippen molar-refractivity contribution in [2.24, 2.45) is 5.92 Å². The Morgan fingerprint density at radius 1 is 1.58 bits per heavy atom. The van der Waals surface area contributed by atoms with Gasteiger partial charge in [0.2, 0.25) is 0 Å². The third kappa shape index (κ3) is 3.26. The van der Waals surface area contributed by atoms with Crippen LogP contribution < -0.4 is 16.6 Å². The zero-order chi connectivity index (χ0) is 13.9. The molecule has 0 radical (unpaired) electrons. The molecule has 1 fully saturated rings. The molecule has 5 N–H and O–H groups in total. The van der Waals surface area contributed by atoms with Crippen molar-refractivity contribution in [1.82, 2.24) is 9.97 Å². The smallest absolute Gasteiger partial charge is 0.276 e. The molecule has 2 rings (SSSR count). The first-order chi connectivity index (χ1) is 9.04. The third-order valence-electron chi connectivity index (χ3n) is 4.09. The van der Waals surface area contributed by atoms with Gasteiger partial charge in [-0.05, 0) is 31.6 Å². The summed E-state index contributed by atoms with van der Waals surface area (Å²) in [6.45, 7) is 2.57. The van der Waals surface area contributed by atoms with Gasteiger partial charge in [0.05, 0.1) is 11.9 Å². The molecule has 6 heteroatoms. The fraction of sp³-hybridized carbons (Fsp3) is 0.692. The molecule has 1 heterocycles. The Morgan fingerprint density at radius 2 is 2.26 bits per heavy atom. The Labute approximate surface area is 112 Å². The van der Waals surface area contributed by atoms with Gasteiger partial charge in [-0.25, -0.2) is 4.98 Å². The minimum atomic E-state index is -0.720. The van der Waals surface area contributed by atoms with E-state index in [1.807, 2.05) is 0 Å². The number of nitrogen functional groups attached to an aromatic ring is 1. The summed E-state index contributed by atoms with van der Waals surface area (Å²) in [7, 11) is 0. The van der Waals surface area contributed by atoms with Gasteiger partial charge in [-0.1, -0.05) is 13.3 Å². The predicted molar refractivity (Wildman–Crippen MR) is 75.0 cm³/mol. The maximum absolute atomic E-state index is 11.3. The molecule has 0 saturated heterocycles. The summed E-state index contributed by atoms with van der Waals surface area (Å²) in [5.74, 6) is 1.07. The second-order valence-electron chi connectivity index (χ2n) is 5.42. The first kappa shape index (κ1) is 13.9. The molecule has 0 aromatic carbocycles. The molecular weight excluding hydrogens is 244 g/mol. The van der Waals surface area contributed by atoms with E-state index in [1.165, 1.54) is 12.7 Å². The van der Waals surface area contributed by atoms with Crippen LogP contribution in [0.4, 0.5) is 11.5 Å². The van der Waals surface area contributed by atoms with Crippen LogP contribution in [0.5, 0.6) is 0 Å². The number of rotatable bonds is 4. The van der Waals surface area contributed by atoms with Crippen LogP contribution in [-0.4, -0.2) is 27.2 Å². The zero-order valence-electron chi connectivity index (χ0n) is 11.3. The topological polar surface area (TPSA) is 104 Å². The molecule has 0 bridgehead atoms. The highest BCUT2D eigenvalue weighted by molar-refractivity contribution is 5.58. The standard InChI is InChI=1S/C13H22N4O2/c1-2-9-3-5-13(19,6-4-9)7-15-11-10(14)12(18)17-8-16-11/h8-9,19H,2-7,14H2,1H3,(H2,15,16,17,18). The number of hydrogen-bond donors (Lipinski definition) is 4. The molecule has 1 aliphatic rings. The Kier molecular flexibility index (Phi) is 4.09. The van der Waals surface area contributed by atoms with Gasteiger partial charge in [0.1, 0.15) is 5.69 Å².